The minimum Gasteiger partial charge on any atom is -0.300 e. The average Bonchev–Trinajstić information content (AvgIpc) is 2.39. The van der Waals surface area contributed by atoms with Crippen molar-refractivity contribution in [1.29, 1.82) is 0 Å². The van der Waals surface area contributed by atoms with E-state index in [4.69, 9.17) is 0 Å². The maximum atomic E-state index is 13.5. The zero-order chi connectivity index (χ0) is 14.5. The first-order valence-electron chi connectivity index (χ1n) is 6.82. The minimum absolute atomic E-state index is 0.0119. The molecule has 1 aromatic rings. The first-order chi connectivity index (χ1) is 8.91. The zero-order valence-corrected chi connectivity index (χ0v) is 11.8. The molecule has 0 bridgehead atoms. The topological polar surface area (TPSA) is 12.0 Å². The molecule has 0 radical (unpaired) electrons. The Labute approximate surface area is 113 Å². The van der Waals surface area contributed by atoms with Gasteiger partial charge in [-0.15, -0.1) is 0 Å². The summed E-state index contributed by atoms with van der Waals surface area (Å²) in [5.41, 5.74) is -0.588. The van der Waals surface area contributed by atoms with Crippen molar-refractivity contribution in [3.63, 3.8) is 0 Å². The van der Waals surface area contributed by atoms with Crippen molar-refractivity contribution < 1.29 is 13.2 Å². The Morgan fingerprint density at radius 1 is 1.00 bits per heavy atom. The fraction of sp³-hybridized carbons (Fsp3) is 0.600. The quantitative estimate of drug-likeness (QED) is 0.809. The second-order valence-electron chi connectivity index (χ2n) is 4.73. The van der Waals surface area contributed by atoms with Crippen LogP contribution in [0.2, 0.25) is 0 Å². The molecule has 0 aliphatic carbocycles. The van der Waals surface area contributed by atoms with Crippen LogP contribution in [0.4, 0.5) is 13.2 Å². The van der Waals surface area contributed by atoms with Gasteiger partial charge in [0.05, 0.1) is 0 Å². The lowest BCUT2D eigenvalue weighted by Crippen LogP contribution is -2.53. The Morgan fingerprint density at radius 2 is 1.58 bits per heavy atom. The molecule has 1 unspecified atom stereocenters. The van der Waals surface area contributed by atoms with Gasteiger partial charge in [0.15, 0.2) is 0 Å². The van der Waals surface area contributed by atoms with E-state index in [0.717, 1.165) is 12.0 Å². The van der Waals surface area contributed by atoms with Crippen molar-refractivity contribution in [3.05, 3.63) is 35.4 Å². The number of hydrogen-bond donors (Lipinski definition) is 1. The first kappa shape index (κ1) is 16.0. The Kier molecular flexibility index (Phi) is 5.41. The Morgan fingerprint density at radius 3 is 1.95 bits per heavy atom. The number of aryl methyl sites for hydroxylation is 1. The van der Waals surface area contributed by atoms with Crippen LogP contribution in [0, 0.1) is 0 Å². The van der Waals surface area contributed by atoms with E-state index in [2.05, 4.69) is 5.32 Å². The number of benzene rings is 1. The van der Waals surface area contributed by atoms with E-state index in [1.54, 1.807) is 31.2 Å². The molecule has 0 saturated carbocycles. The summed E-state index contributed by atoms with van der Waals surface area (Å²) in [5.74, 6) is 0. The van der Waals surface area contributed by atoms with Gasteiger partial charge in [-0.3, -0.25) is 5.32 Å². The molecule has 1 nitrogen and oxygen atoms in total. The second-order valence-corrected chi connectivity index (χ2v) is 4.73. The molecule has 0 amide bonds. The Bertz CT molecular complexity index is 383. The van der Waals surface area contributed by atoms with E-state index < -0.39 is 11.7 Å². The van der Waals surface area contributed by atoms with E-state index >= 15 is 0 Å². The maximum absolute atomic E-state index is 13.5. The molecular weight excluding hydrogens is 251 g/mol. The third-order valence-corrected chi connectivity index (χ3v) is 3.55. The van der Waals surface area contributed by atoms with Gasteiger partial charge in [0.25, 0.3) is 0 Å². The van der Waals surface area contributed by atoms with Crippen molar-refractivity contribution in [2.24, 2.45) is 0 Å². The predicted molar refractivity (Wildman–Crippen MR) is 72.1 cm³/mol. The highest BCUT2D eigenvalue weighted by Gasteiger charge is 2.54. The molecule has 4 heteroatoms. The molecule has 1 N–H and O–H groups in total. The third-order valence-electron chi connectivity index (χ3n) is 3.55. The van der Waals surface area contributed by atoms with Gasteiger partial charge in [-0.25, -0.2) is 0 Å². The standard InChI is InChI=1S/C15H22F3N/c1-4-11-19-14(6-3,15(16,17)18)13-9-7-12(5-2)8-10-13/h7-10,19H,4-6,11H2,1-3H3. The van der Waals surface area contributed by atoms with Gasteiger partial charge in [-0.05, 0) is 36.9 Å². The highest BCUT2D eigenvalue weighted by atomic mass is 19.4. The minimum atomic E-state index is -4.30. The van der Waals surface area contributed by atoms with E-state index in [1.165, 1.54) is 0 Å². The average molecular weight is 273 g/mol. The number of halogens is 3. The van der Waals surface area contributed by atoms with Crippen LogP contribution in [0.1, 0.15) is 44.7 Å². The smallest absolute Gasteiger partial charge is 0.300 e. The largest absolute Gasteiger partial charge is 0.410 e. The van der Waals surface area contributed by atoms with Crippen molar-refractivity contribution in [2.75, 3.05) is 6.54 Å². The monoisotopic (exact) mass is 273 g/mol. The molecule has 108 valence electrons. The van der Waals surface area contributed by atoms with Crippen molar-refractivity contribution in [1.82, 2.24) is 5.32 Å². The van der Waals surface area contributed by atoms with E-state index in [-0.39, 0.29) is 6.42 Å². The van der Waals surface area contributed by atoms with E-state index in [0.29, 0.717) is 18.5 Å². The Hall–Kier alpha value is -1.03. The van der Waals surface area contributed by atoms with Crippen molar-refractivity contribution in [2.45, 2.75) is 51.7 Å². The van der Waals surface area contributed by atoms with Crippen LogP contribution in [0.15, 0.2) is 24.3 Å². The summed E-state index contributed by atoms with van der Waals surface area (Å²) in [6.45, 7) is 5.78. The Balaban J connectivity index is 3.20. The predicted octanol–water partition coefficient (Wildman–Crippen LogP) is 4.42. The fourth-order valence-electron chi connectivity index (χ4n) is 2.26. The highest BCUT2D eigenvalue weighted by molar-refractivity contribution is 5.30. The number of rotatable bonds is 6. The van der Waals surface area contributed by atoms with Crippen LogP contribution in [0.5, 0.6) is 0 Å². The molecule has 0 aliphatic rings. The molecule has 19 heavy (non-hydrogen) atoms. The molecule has 0 saturated heterocycles. The fourth-order valence-corrected chi connectivity index (χ4v) is 2.26. The number of alkyl halides is 3. The number of hydrogen-bond acceptors (Lipinski definition) is 1. The molecule has 1 rings (SSSR count). The summed E-state index contributed by atoms with van der Waals surface area (Å²) >= 11 is 0. The molecule has 0 heterocycles. The summed E-state index contributed by atoms with van der Waals surface area (Å²) in [6, 6.07) is 6.75. The zero-order valence-electron chi connectivity index (χ0n) is 11.8. The van der Waals surface area contributed by atoms with Gasteiger partial charge in [-0.1, -0.05) is 45.0 Å². The molecule has 0 fully saturated rings. The van der Waals surface area contributed by atoms with Crippen LogP contribution >= 0.6 is 0 Å². The third kappa shape index (κ3) is 3.30. The maximum Gasteiger partial charge on any atom is 0.410 e. The molecule has 0 spiro atoms. The summed E-state index contributed by atoms with van der Waals surface area (Å²) in [4.78, 5) is 0. The van der Waals surface area contributed by atoms with Crippen LogP contribution in [0.3, 0.4) is 0 Å². The van der Waals surface area contributed by atoms with Crippen LogP contribution in [-0.4, -0.2) is 12.7 Å². The first-order valence-corrected chi connectivity index (χ1v) is 6.82. The van der Waals surface area contributed by atoms with Crippen LogP contribution in [-0.2, 0) is 12.0 Å². The second kappa shape index (κ2) is 6.42. The molecule has 0 aliphatic heterocycles. The lowest BCUT2D eigenvalue weighted by Gasteiger charge is -2.36. The summed E-state index contributed by atoms with van der Waals surface area (Å²) in [7, 11) is 0. The number of nitrogens with one attached hydrogen (secondary N) is 1. The van der Waals surface area contributed by atoms with Crippen molar-refractivity contribution in [3.8, 4) is 0 Å². The van der Waals surface area contributed by atoms with Gasteiger partial charge in [0.1, 0.15) is 5.54 Å². The molecule has 1 atom stereocenters. The normalized spacial score (nSPS) is 15.3. The van der Waals surface area contributed by atoms with Gasteiger partial charge < -0.3 is 0 Å². The highest BCUT2D eigenvalue weighted by Crippen LogP contribution is 2.41. The van der Waals surface area contributed by atoms with Gasteiger partial charge in [0, 0.05) is 0 Å². The van der Waals surface area contributed by atoms with Gasteiger partial charge in [0.2, 0.25) is 0 Å². The summed E-state index contributed by atoms with van der Waals surface area (Å²) in [5, 5.41) is 2.70. The SMILES string of the molecule is CCCNC(CC)(c1ccc(CC)cc1)C(F)(F)F. The van der Waals surface area contributed by atoms with E-state index in [1.807, 2.05) is 13.8 Å². The molecule has 0 aromatic heterocycles. The van der Waals surface area contributed by atoms with Crippen LogP contribution in [0.25, 0.3) is 0 Å². The molecular formula is C15H22F3N. The summed E-state index contributed by atoms with van der Waals surface area (Å²) < 4.78 is 40.5. The lowest BCUT2D eigenvalue weighted by molar-refractivity contribution is -0.202. The molecule has 1 aromatic carbocycles. The lowest BCUT2D eigenvalue weighted by atomic mass is 9.85. The van der Waals surface area contributed by atoms with E-state index in [9.17, 15) is 13.2 Å². The van der Waals surface area contributed by atoms with Crippen molar-refractivity contribution >= 4 is 0 Å². The van der Waals surface area contributed by atoms with Gasteiger partial charge >= 0.3 is 6.18 Å². The van der Waals surface area contributed by atoms with Gasteiger partial charge in [-0.2, -0.15) is 13.2 Å². The summed E-state index contributed by atoms with van der Waals surface area (Å²) in [6.07, 6.45) is -2.81. The van der Waals surface area contributed by atoms with Crippen LogP contribution < -0.4 is 5.32 Å².